The average molecular weight is 239 g/mol. The van der Waals surface area contributed by atoms with Crippen molar-refractivity contribution in [3.8, 4) is 5.75 Å². The van der Waals surface area contributed by atoms with Gasteiger partial charge in [-0.15, -0.1) is 0 Å². The first-order valence-corrected chi connectivity index (χ1v) is 6.84. The molecule has 0 aliphatic rings. The zero-order chi connectivity index (χ0) is 12.1. The maximum Gasteiger partial charge on any atom is 0.124 e. The van der Waals surface area contributed by atoms with Crippen molar-refractivity contribution >= 4 is 11.8 Å². The van der Waals surface area contributed by atoms with Crippen molar-refractivity contribution < 1.29 is 4.74 Å². The monoisotopic (exact) mass is 239 g/mol. The minimum Gasteiger partial charge on any atom is -0.496 e. The number of thioether (sulfide) groups is 1. The van der Waals surface area contributed by atoms with Crippen LogP contribution >= 0.6 is 11.8 Å². The number of nitrogens with one attached hydrogen (secondary N) is 1. The SMILES string of the molecule is CNC(CSC)c1c(C)cc(C)cc1OC. The lowest BCUT2D eigenvalue weighted by Crippen LogP contribution is -2.20. The van der Waals surface area contributed by atoms with Gasteiger partial charge in [0.1, 0.15) is 5.75 Å². The summed E-state index contributed by atoms with van der Waals surface area (Å²) in [7, 11) is 3.74. The van der Waals surface area contributed by atoms with Crippen LogP contribution in [0.15, 0.2) is 12.1 Å². The van der Waals surface area contributed by atoms with Gasteiger partial charge in [-0.25, -0.2) is 0 Å². The molecule has 0 spiro atoms. The summed E-state index contributed by atoms with van der Waals surface area (Å²) >= 11 is 1.84. The van der Waals surface area contributed by atoms with Crippen molar-refractivity contribution in [3.05, 3.63) is 28.8 Å². The second-order valence-electron chi connectivity index (χ2n) is 3.99. The number of rotatable bonds is 5. The molecule has 1 atom stereocenters. The van der Waals surface area contributed by atoms with Gasteiger partial charge in [-0.05, 0) is 44.3 Å². The van der Waals surface area contributed by atoms with Crippen LogP contribution in [0.2, 0.25) is 0 Å². The molecule has 3 heteroatoms. The second kappa shape index (κ2) is 6.16. The Hall–Kier alpha value is -0.670. The molecule has 1 aromatic carbocycles. The molecule has 90 valence electrons. The number of benzene rings is 1. The Morgan fingerprint density at radius 3 is 2.56 bits per heavy atom. The maximum absolute atomic E-state index is 5.49. The van der Waals surface area contributed by atoms with Gasteiger partial charge in [-0.1, -0.05) is 6.07 Å². The molecule has 0 aromatic heterocycles. The van der Waals surface area contributed by atoms with Gasteiger partial charge >= 0.3 is 0 Å². The predicted octanol–water partition coefficient (Wildman–Crippen LogP) is 2.94. The molecule has 2 nitrogen and oxygen atoms in total. The number of ether oxygens (including phenoxy) is 1. The predicted molar refractivity (Wildman–Crippen MR) is 72.7 cm³/mol. The van der Waals surface area contributed by atoms with Crippen LogP contribution in [0.4, 0.5) is 0 Å². The fraction of sp³-hybridized carbons (Fsp3) is 0.538. The van der Waals surface area contributed by atoms with Gasteiger partial charge in [0.25, 0.3) is 0 Å². The molecular weight excluding hydrogens is 218 g/mol. The third kappa shape index (κ3) is 2.92. The first kappa shape index (κ1) is 13.4. The molecule has 1 unspecified atom stereocenters. The normalized spacial score (nSPS) is 12.6. The van der Waals surface area contributed by atoms with Crippen LogP contribution in [-0.4, -0.2) is 26.2 Å². The Morgan fingerprint density at radius 2 is 2.06 bits per heavy atom. The van der Waals surface area contributed by atoms with E-state index in [2.05, 4.69) is 37.6 Å². The zero-order valence-electron chi connectivity index (χ0n) is 10.8. The van der Waals surface area contributed by atoms with Gasteiger partial charge in [0, 0.05) is 17.4 Å². The van der Waals surface area contributed by atoms with Crippen LogP contribution < -0.4 is 10.1 Å². The number of hydrogen-bond acceptors (Lipinski definition) is 3. The van der Waals surface area contributed by atoms with Gasteiger partial charge in [-0.3, -0.25) is 0 Å². The van der Waals surface area contributed by atoms with E-state index in [1.54, 1.807) is 7.11 Å². The van der Waals surface area contributed by atoms with Crippen LogP contribution in [0.1, 0.15) is 22.7 Å². The number of aryl methyl sites for hydroxylation is 2. The molecular formula is C13H21NOS. The highest BCUT2D eigenvalue weighted by atomic mass is 32.2. The van der Waals surface area contributed by atoms with Gasteiger partial charge < -0.3 is 10.1 Å². The Balaban J connectivity index is 3.18. The van der Waals surface area contributed by atoms with Gasteiger partial charge in [0.15, 0.2) is 0 Å². The number of hydrogen-bond donors (Lipinski definition) is 1. The van der Waals surface area contributed by atoms with Crippen LogP contribution in [-0.2, 0) is 0 Å². The third-order valence-corrected chi connectivity index (χ3v) is 3.41. The molecule has 1 rings (SSSR count). The average Bonchev–Trinajstić information content (AvgIpc) is 2.25. The standard InChI is InChI=1S/C13H21NOS/c1-9-6-10(2)13(12(7-9)15-4)11(14-3)8-16-5/h6-7,11,14H,8H2,1-5H3. The van der Waals surface area contributed by atoms with E-state index in [4.69, 9.17) is 4.74 Å². The Morgan fingerprint density at radius 1 is 1.38 bits per heavy atom. The Kier molecular flexibility index (Phi) is 5.16. The highest BCUT2D eigenvalue weighted by Crippen LogP contribution is 2.31. The van der Waals surface area contributed by atoms with E-state index in [0.29, 0.717) is 6.04 Å². The molecule has 0 fully saturated rings. The fourth-order valence-corrected chi connectivity index (χ4v) is 2.70. The summed E-state index contributed by atoms with van der Waals surface area (Å²) in [6.07, 6.45) is 2.13. The molecule has 0 bridgehead atoms. The highest BCUT2D eigenvalue weighted by molar-refractivity contribution is 7.98. The molecule has 1 N–H and O–H groups in total. The quantitative estimate of drug-likeness (QED) is 0.853. The molecule has 0 amide bonds. The van der Waals surface area contributed by atoms with Crippen LogP contribution in [0, 0.1) is 13.8 Å². The van der Waals surface area contributed by atoms with E-state index < -0.39 is 0 Å². The molecule has 0 aliphatic carbocycles. The van der Waals surface area contributed by atoms with Crippen molar-refractivity contribution in [2.24, 2.45) is 0 Å². The Bertz CT molecular complexity index is 352. The summed E-state index contributed by atoms with van der Waals surface area (Å²) in [6, 6.07) is 4.67. The van der Waals surface area contributed by atoms with Crippen LogP contribution in [0.5, 0.6) is 5.75 Å². The summed E-state index contributed by atoms with van der Waals surface area (Å²) in [5.41, 5.74) is 3.83. The van der Waals surface area contributed by atoms with E-state index >= 15 is 0 Å². The van der Waals surface area contributed by atoms with E-state index in [9.17, 15) is 0 Å². The first-order valence-electron chi connectivity index (χ1n) is 5.45. The van der Waals surface area contributed by atoms with Gasteiger partial charge in [-0.2, -0.15) is 11.8 Å². The second-order valence-corrected chi connectivity index (χ2v) is 4.91. The Labute approximate surface area is 103 Å². The van der Waals surface area contributed by atoms with Crippen molar-refractivity contribution in [2.45, 2.75) is 19.9 Å². The van der Waals surface area contributed by atoms with Crippen LogP contribution in [0.25, 0.3) is 0 Å². The van der Waals surface area contributed by atoms with E-state index in [0.717, 1.165) is 11.5 Å². The summed E-state index contributed by atoms with van der Waals surface area (Å²) in [6.45, 7) is 4.25. The van der Waals surface area contributed by atoms with Crippen molar-refractivity contribution in [1.29, 1.82) is 0 Å². The summed E-state index contributed by atoms with van der Waals surface area (Å²) in [5, 5.41) is 3.35. The molecule has 1 aromatic rings. The summed E-state index contributed by atoms with van der Waals surface area (Å²) < 4.78 is 5.49. The molecule has 0 saturated carbocycles. The minimum absolute atomic E-state index is 0.352. The lowest BCUT2D eigenvalue weighted by atomic mass is 9.99. The van der Waals surface area contributed by atoms with E-state index in [1.165, 1.54) is 16.7 Å². The molecule has 16 heavy (non-hydrogen) atoms. The van der Waals surface area contributed by atoms with Crippen LogP contribution in [0.3, 0.4) is 0 Å². The van der Waals surface area contributed by atoms with Gasteiger partial charge in [0.05, 0.1) is 7.11 Å². The fourth-order valence-electron chi connectivity index (χ4n) is 2.03. The zero-order valence-corrected chi connectivity index (χ0v) is 11.6. The van der Waals surface area contributed by atoms with E-state index in [1.807, 2.05) is 18.8 Å². The van der Waals surface area contributed by atoms with Crippen molar-refractivity contribution in [3.63, 3.8) is 0 Å². The van der Waals surface area contributed by atoms with Crippen molar-refractivity contribution in [1.82, 2.24) is 5.32 Å². The topological polar surface area (TPSA) is 21.3 Å². The number of methoxy groups -OCH3 is 1. The third-order valence-electron chi connectivity index (χ3n) is 2.74. The molecule has 0 radical (unpaired) electrons. The lowest BCUT2D eigenvalue weighted by Gasteiger charge is -2.21. The van der Waals surface area contributed by atoms with E-state index in [-0.39, 0.29) is 0 Å². The smallest absolute Gasteiger partial charge is 0.124 e. The maximum atomic E-state index is 5.49. The largest absolute Gasteiger partial charge is 0.496 e. The molecule has 0 heterocycles. The molecule has 0 saturated heterocycles. The first-order chi connectivity index (χ1) is 7.63. The highest BCUT2D eigenvalue weighted by Gasteiger charge is 2.16. The lowest BCUT2D eigenvalue weighted by molar-refractivity contribution is 0.403. The molecule has 0 aliphatic heterocycles. The minimum atomic E-state index is 0.352. The van der Waals surface area contributed by atoms with Crippen molar-refractivity contribution in [2.75, 3.05) is 26.2 Å². The summed E-state index contributed by atoms with van der Waals surface area (Å²) in [5.74, 6) is 2.04. The van der Waals surface area contributed by atoms with Gasteiger partial charge in [0.2, 0.25) is 0 Å². The summed E-state index contributed by atoms with van der Waals surface area (Å²) in [4.78, 5) is 0.